The minimum atomic E-state index is 0.0962. The smallest absolute Gasteiger partial charge is 0.143 e. The fraction of sp³-hybridized carbons (Fsp3) is 0.909. The Morgan fingerprint density at radius 2 is 2.07 bits per heavy atom. The molecular formula is C11H23N3O. The first-order chi connectivity index (χ1) is 7.15. The summed E-state index contributed by atoms with van der Waals surface area (Å²) in [6, 6.07) is 0.543. The number of nitrogens with two attached hydrogens (primary N) is 1. The standard InChI is InChI=1S/C11H23N3O/c1-8(11(12)14-15)7-13-9(2)10-5-3-4-6-10/h8-10,13,15H,3-7H2,1-2H3,(H2,12,14)/t8?,9-/m0/s1. The van der Waals surface area contributed by atoms with Crippen molar-refractivity contribution in [1.29, 1.82) is 0 Å². The zero-order chi connectivity index (χ0) is 11.3. The number of hydrogen-bond acceptors (Lipinski definition) is 3. The van der Waals surface area contributed by atoms with E-state index in [1.807, 2.05) is 6.92 Å². The van der Waals surface area contributed by atoms with E-state index in [0.29, 0.717) is 11.9 Å². The van der Waals surface area contributed by atoms with Crippen LogP contribution in [-0.4, -0.2) is 23.6 Å². The number of nitrogens with zero attached hydrogens (tertiary/aromatic N) is 1. The third-order valence-corrected chi connectivity index (χ3v) is 3.47. The van der Waals surface area contributed by atoms with Crippen molar-refractivity contribution in [1.82, 2.24) is 5.32 Å². The Balaban J connectivity index is 2.23. The van der Waals surface area contributed by atoms with Crippen LogP contribution >= 0.6 is 0 Å². The molecule has 0 spiro atoms. The lowest BCUT2D eigenvalue weighted by molar-refractivity contribution is 0.312. The molecule has 4 heteroatoms. The van der Waals surface area contributed by atoms with Gasteiger partial charge in [-0.1, -0.05) is 24.9 Å². The van der Waals surface area contributed by atoms with E-state index in [4.69, 9.17) is 10.9 Å². The molecule has 0 bridgehead atoms. The van der Waals surface area contributed by atoms with E-state index in [2.05, 4.69) is 17.4 Å². The molecule has 0 saturated heterocycles. The Labute approximate surface area is 91.9 Å². The van der Waals surface area contributed by atoms with Crippen LogP contribution in [0.3, 0.4) is 0 Å². The molecule has 88 valence electrons. The van der Waals surface area contributed by atoms with Gasteiger partial charge in [0.05, 0.1) is 0 Å². The normalized spacial score (nSPS) is 22.9. The highest BCUT2D eigenvalue weighted by atomic mass is 16.4. The minimum absolute atomic E-state index is 0.0962. The molecule has 1 rings (SSSR count). The van der Waals surface area contributed by atoms with Crippen molar-refractivity contribution in [3.8, 4) is 0 Å². The van der Waals surface area contributed by atoms with E-state index >= 15 is 0 Å². The van der Waals surface area contributed by atoms with Crippen LogP contribution in [-0.2, 0) is 0 Å². The molecule has 1 aliphatic rings. The van der Waals surface area contributed by atoms with Gasteiger partial charge in [0.2, 0.25) is 0 Å². The topological polar surface area (TPSA) is 70.6 Å². The molecule has 2 atom stereocenters. The third kappa shape index (κ3) is 3.70. The molecule has 1 saturated carbocycles. The lowest BCUT2D eigenvalue weighted by atomic mass is 9.99. The lowest BCUT2D eigenvalue weighted by Crippen LogP contribution is -2.38. The molecule has 1 unspecified atom stereocenters. The van der Waals surface area contributed by atoms with Crippen molar-refractivity contribution in [2.75, 3.05) is 6.54 Å². The molecule has 4 N–H and O–H groups in total. The van der Waals surface area contributed by atoms with Gasteiger partial charge in [0.25, 0.3) is 0 Å². The zero-order valence-electron chi connectivity index (χ0n) is 9.74. The number of rotatable bonds is 5. The molecule has 0 aliphatic heterocycles. The Kier molecular flexibility index (Phi) is 4.88. The first kappa shape index (κ1) is 12.3. The number of hydrogen-bond donors (Lipinski definition) is 3. The van der Waals surface area contributed by atoms with Crippen LogP contribution < -0.4 is 11.1 Å². The SMILES string of the molecule is CC(CN[C@@H](C)C1CCCC1)C(N)=NO. The molecule has 0 amide bonds. The fourth-order valence-electron chi connectivity index (χ4n) is 2.19. The summed E-state index contributed by atoms with van der Waals surface area (Å²) >= 11 is 0. The van der Waals surface area contributed by atoms with E-state index in [-0.39, 0.29) is 5.92 Å². The van der Waals surface area contributed by atoms with Gasteiger partial charge in [-0.05, 0) is 25.7 Å². The third-order valence-electron chi connectivity index (χ3n) is 3.47. The molecule has 4 nitrogen and oxygen atoms in total. The van der Waals surface area contributed by atoms with Gasteiger partial charge in [0, 0.05) is 18.5 Å². The fourth-order valence-corrected chi connectivity index (χ4v) is 2.19. The van der Waals surface area contributed by atoms with Gasteiger partial charge in [-0.25, -0.2) is 0 Å². The van der Waals surface area contributed by atoms with Gasteiger partial charge in [-0.15, -0.1) is 0 Å². The van der Waals surface area contributed by atoms with E-state index < -0.39 is 0 Å². The summed E-state index contributed by atoms with van der Waals surface area (Å²) in [6.45, 7) is 4.98. The molecule has 0 aromatic heterocycles. The summed E-state index contributed by atoms with van der Waals surface area (Å²) in [4.78, 5) is 0. The molecule has 0 radical (unpaired) electrons. The highest BCUT2D eigenvalue weighted by Gasteiger charge is 2.21. The van der Waals surface area contributed by atoms with E-state index in [1.165, 1.54) is 25.7 Å². The van der Waals surface area contributed by atoms with Crippen molar-refractivity contribution in [3.05, 3.63) is 0 Å². The maximum absolute atomic E-state index is 8.52. The van der Waals surface area contributed by atoms with Gasteiger partial charge < -0.3 is 16.3 Å². The summed E-state index contributed by atoms with van der Waals surface area (Å²) in [5.74, 6) is 1.21. The maximum atomic E-state index is 8.52. The predicted molar refractivity (Wildman–Crippen MR) is 62.0 cm³/mol. The van der Waals surface area contributed by atoms with Crippen molar-refractivity contribution >= 4 is 5.84 Å². The van der Waals surface area contributed by atoms with Crippen LogP contribution in [0.4, 0.5) is 0 Å². The molecule has 0 aromatic rings. The monoisotopic (exact) mass is 213 g/mol. The molecule has 1 aliphatic carbocycles. The highest BCUT2D eigenvalue weighted by molar-refractivity contribution is 5.82. The second kappa shape index (κ2) is 5.95. The van der Waals surface area contributed by atoms with Crippen LogP contribution in [0.25, 0.3) is 0 Å². The van der Waals surface area contributed by atoms with Crippen LogP contribution in [0, 0.1) is 11.8 Å². The molecule has 1 fully saturated rings. The second-order valence-corrected chi connectivity index (χ2v) is 4.67. The maximum Gasteiger partial charge on any atom is 0.143 e. The summed E-state index contributed by atoms with van der Waals surface area (Å²) in [5.41, 5.74) is 5.52. The average Bonchev–Trinajstić information content (AvgIpc) is 2.77. The summed E-state index contributed by atoms with van der Waals surface area (Å²) in [6.07, 6.45) is 5.41. The van der Waals surface area contributed by atoms with E-state index in [0.717, 1.165) is 12.5 Å². The molecule has 0 heterocycles. The summed E-state index contributed by atoms with van der Waals surface area (Å²) in [5, 5.41) is 15.0. The summed E-state index contributed by atoms with van der Waals surface area (Å²) < 4.78 is 0. The van der Waals surface area contributed by atoms with Crippen molar-refractivity contribution < 1.29 is 5.21 Å². The van der Waals surface area contributed by atoms with E-state index in [1.54, 1.807) is 0 Å². The Morgan fingerprint density at radius 3 is 2.60 bits per heavy atom. The largest absolute Gasteiger partial charge is 0.409 e. The van der Waals surface area contributed by atoms with Gasteiger partial charge in [-0.3, -0.25) is 0 Å². The Hall–Kier alpha value is -0.770. The van der Waals surface area contributed by atoms with Crippen molar-refractivity contribution in [3.63, 3.8) is 0 Å². The van der Waals surface area contributed by atoms with Gasteiger partial charge >= 0.3 is 0 Å². The molecular weight excluding hydrogens is 190 g/mol. The average molecular weight is 213 g/mol. The van der Waals surface area contributed by atoms with Crippen molar-refractivity contribution in [2.45, 2.75) is 45.6 Å². The minimum Gasteiger partial charge on any atom is -0.409 e. The van der Waals surface area contributed by atoms with Crippen LogP contribution in [0.5, 0.6) is 0 Å². The Morgan fingerprint density at radius 1 is 1.47 bits per heavy atom. The first-order valence-electron chi connectivity index (χ1n) is 5.86. The van der Waals surface area contributed by atoms with Gasteiger partial charge in [0.1, 0.15) is 5.84 Å². The Bertz CT molecular complexity index is 212. The van der Waals surface area contributed by atoms with E-state index in [9.17, 15) is 0 Å². The quantitative estimate of drug-likeness (QED) is 0.281. The zero-order valence-corrected chi connectivity index (χ0v) is 9.74. The van der Waals surface area contributed by atoms with Crippen LogP contribution in [0.15, 0.2) is 5.16 Å². The van der Waals surface area contributed by atoms with Gasteiger partial charge in [0.15, 0.2) is 0 Å². The second-order valence-electron chi connectivity index (χ2n) is 4.67. The number of amidine groups is 1. The van der Waals surface area contributed by atoms with Gasteiger partial charge in [-0.2, -0.15) is 0 Å². The number of nitrogens with one attached hydrogen (secondary N) is 1. The molecule has 15 heavy (non-hydrogen) atoms. The van der Waals surface area contributed by atoms with Crippen LogP contribution in [0.1, 0.15) is 39.5 Å². The van der Waals surface area contributed by atoms with Crippen molar-refractivity contribution in [2.24, 2.45) is 22.7 Å². The highest BCUT2D eigenvalue weighted by Crippen LogP contribution is 2.27. The predicted octanol–water partition coefficient (Wildman–Crippen LogP) is 1.54. The molecule has 0 aromatic carbocycles. The first-order valence-corrected chi connectivity index (χ1v) is 5.86. The number of oxime groups is 1. The lowest BCUT2D eigenvalue weighted by Gasteiger charge is -2.22. The van der Waals surface area contributed by atoms with Crippen LogP contribution in [0.2, 0.25) is 0 Å². The summed E-state index contributed by atoms with van der Waals surface area (Å²) in [7, 11) is 0.